The number of hydrogen-bond acceptors (Lipinski definition) is 2. The van der Waals surface area contributed by atoms with E-state index in [1.54, 1.807) is 0 Å². The highest BCUT2D eigenvalue weighted by molar-refractivity contribution is 5.69. The van der Waals surface area contributed by atoms with E-state index in [1.807, 2.05) is 0 Å². The summed E-state index contributed by atoms with van der Waals surface area (Å²) in [7, 11) is 0. The standard InChI is InChI=1S/C33H66O2/c1-4-7-10-12-13-14-15-16-17-18-19-20-21-22-23-24-26-29-33(34)35-31-30-32(27-9-6-3)28-25-11-8-5-2/h32H,4-31H2,1-3H3. The smallest absolute Gasteiger partial charge is 0.305 e. The molecule has 0 aliphatic heterocycles. The first-order valence-corrected chi connectivity index (χ1v) is 16.4. The molecule has 210 valence electrons. The van der Waals surface area contributed by atoms with Crippen molar-refractivity contribution in [3.05, 3.63) is 0 Å². The van der Waals surface area contributed by atoms with Crippen molar-refractivity contribution in [1.29, 1.82) is 0 Å². The molecule has 1 unspecified atom stereocenters. The molecular formula is C33H66O2. The Labute approximate surface area is 222 Å². The molecule has 0 radical (unpaired) electrons. The first-order chi connectivity index (χ1) is 17.2. The van der Waals surface area contributed by atoms with Crippen LogP contribution in [0.5, 0.6) is 0 Å². The highest BCUT2D eigenvalue weighted by Gasteiger charge is 2.10. The minimum absolute atomic E-state index is 0.0335. The molecule has 0 saturated carbocycles. The van der Waals surface area contributed by atoms with Crippen molar-refractivity contribution in [2.45, 2.75) is 194 Å². The van der Waals surface area contributed by atoms with Crippen LogP contribution in [0.25, 0.3) is 0 Å². The molecule has 0 amide bonds. The lowest BCUT2D eigenvalue weighted by atomic mass is 9.92. The molecule has 0 aromatic rings. The summed E-state index contributed by atoms with van der Waals surface area (Å²) >= 11 is 0. The average Bonchev–Trinajstić information content (AvgIpc) is 2.86. The summed E-state index contributed by atoms with van der Waals surface area (Å²) in [4.78, 5) is 12.1. The number of esters is 1. The van der Waals surface area contributed by atoms with Crippen LogP contribution in [0.2, 0.25) is 0 Å². The largest absolute Gasteiger partial charge is 0.466 e. The van der Waals surface area contributed by atoms with Gasteiger partial charge in [-0.05, 0) is 18.8 Å². The molecule has 0 spiro atoms. The lowest BCUT2D eigenvalue weighted by Gasteiger charge is -2.16. The van der Waals surface area contributed by atoms with Gasteiger partial charge in [-0.1, -0.05) is 175 Å². The van der Waals surface area contributed by atoms with Gasteiger partial charge in [0.1, 0.15) is 0 Å². The third-order valence-corrected chi connectivity index (χ3v) is 7.71. The van der Waals surface area contributed by atoms with Crippen molar-refractivity contribution < 1.29 is 9.53 Å². The Morgan fingerprint density at radius 2 is 0.829 bits per heavy atom. The second-order valence-electron chi connectivity index (χ2n) is 11.3. The van der Waals surface area contributed by atoms with Crippen molar-refractivity contribution in [3.8, 4) is 0 Å². The average molecular weight is 495 g/mol. The van der Waals surface area contributed by atoms with Gasteiger partial charge >= 0.3 is 5.97 Å². The second-order valence-corrected chi connectivity index (χ2v) is 11.3. The van der Waals surface area contributed by atoms with Crippen LogP contribution in [-0.4, -0.2) is 12.6 Å². The van der Waals surface area contributed by atoms with Crippen molar-refractivity contribution >= 4 is 5.97 Å². The van der Waals surface area contributed by atoms with E-state index >= 15 is 0 Å². The van der Waals surface area contributed by atoms with E-state index in [1.165, 1.54) is 154 Å². The summed E-state index contributed by atoms with van der Waals surface area (Å²) < 4.78 is 5.57. The van der Waals surface area contributed by atoms with Gasteiger partial charge in [0.05, 0.1) is 6.61 Å². The number of hydrogen-bond donors (Lipinski definition) is 0. The van der Waals surface area contributed by atoms with E-state index in [9.17, 15) is 4.79 Å². The first kappa shape index (κ1) is 34.5. The molecule has 1 atom stereocenters. The molecule has 0 bridgehead atoms. The molecule has 0 aliphatic carbocycles. The summed E-state index contributed by atoms with van der Waals surface area (Å²) in [5, 5.41) is 0. The molecule has 0 fully saturated rings. The zero-order chi connectivity index (χ0) is 25.7. The molecule has 35 heavy (non-hydrogen) atoms. The van der Waals surface area contributed by atoms with E-state index in [4.69, 9.17) is 4.74 Å². The lowest BCUT2D eigenvalue weighted by Crippen LogP contribution is -2.10. The van der Waals surface area contributed by atoms with Crippen molar-refractivity contribution in [3.63, 3.8) is 0 Å². The van der Waals surface area contributed by atoms with Crippen LogP contribution in [0.1, 0.15) is 194 Å². The van der Waals surface area contributed by atoms with Crippen LogP contribution in [-0.2, 0) is 9.53 Å². The lowest BCUT2D eigenvalue weighted by molar-refractivity contribution is -0.144. The van der Waals surface area contributed by atoms with Gasteiger partial charge < -0.3 is 4.74 Å². The molecule has 0 aromatic heterocycles. The fourth-order valence-electron chi connectivity index (χ4n) is 5.19. The highest BCUT2D eigenvalue weighted by Crippen LogP contribution is 2.21. The number of unbranched alkanes of at least 4 members (excludes halogenated alkanes) is 20. The van der Waals surface area contributed by atoms with Crippen LogP contribution in [0.3, 0.4) is 0 Å². The second kappa shape index (κ2) is 29.7. The third-order valence-electron chi connectivity index (χ3n) is 7.71. The predicted octanol–water partition coefficient (Wildman–Crippen LogP) is 11.7. The van der Waals surface area contributed by atoms with Gasteiger partial charge in [0.2, 0.25) is 0 Å². The molecule has 0 N–H and O–H groups in total. The normalized spacial score (nSPS) is 12.2. The fourth-order valence-corrected chi connectivity index (χ4v) is 5.19. The summed E-state index contributed by atoms with van der Waals surface area (Å²) in [5.41, 5.74) is 0. The number of carbonyl (C=O) groups is 1. The van der Waals surface area contributed by atoms with Gasteiger partial charge in [0, 0.05) is 6.42 Å². The Kier molecular flexibility index (Phi) is 29.2. The maximum absolute atomic E-state index is 12.1. The van der Waals surface area contributed by atoms with Gasteiger partial charge in [-0.25, -0.2) is 0 Å². The minimum Gasteiger partial charge on any atom is -0.466 e. The van der Waals surface area contributed by atoms with E-state index in [0.717, 1.165) is 18.8 Å². The predicted molar refractivity (Wildman–Crippen MR) is 156 cm³/mol. The number of rotatable bonds is 29. The van der Waals surface area contributed by atoms with Crippen LogP contribution >= 0.6 is 0 Å². The highest BCUT2D eigenvalue weighted by atomic mass is 16.5. The molecule has 2 nitrogen and oxygen atoms in total. The fraction of sp³-hybridized carbons (Fsp3) is 0.970. The van der Waals surface area contributed by atoms with Crippen molar-refractivity contribution in [2.24, 2.45) is 5.92 Å². The number of ether oxygens (including phenoxy) is 1. The quantitative estimate of drug-likeness (QED) is 0.0763. The zero-order valence-electron chi connectivity index (χ0n) is 24.7. The molecule has 2 heteroatoms. The van der Waals surface area contributed by atoms with Gasteiger partial charge in [-0.3, -0.25) is 4.79 Å². The Hall–Kier alpha value is -0.530. The molecule has 0 rings (SSSR count). The molecule has 0 saturated heterocycles. The van der Waals surface area contributed by atoms with E-state index < -0.39 is 0 Å². The van der Waals surface area contributed by atoms with Gasteiger partial charge in [-0.2, -0.15) is 0 Å². The third kappa shape index (κ3) is 27.9. The van der Waals surface area contributed by atoms with Crippen molar-refractivity contribution in [2.75, 3.05) is 6.61 Å². The summed E-state index contributed by atoms with van der Waals surface area (Å²) in [6.45, 7) is 7.47. The molecule has 0 aromatic carbocycles. The van der Waals surface area contributed by atoms with E-state index in [2.05, 4.69) is 20.8 Å². The van der Waals surface area contributed by atoms with Gasteiger partial charge in [0.25, 0.3) is 0 Å². The minimum atomic E-state index is 0.0335. The van der Waals surface area contributed by atoms with Crippen LogP contribution in [0.4, 0.5) is 0 Å². The molecular weight excluding hydrogens is 428 g/mol. The van der Waals surface area contributed by atoms with Gasteiger partial charge in [-0.15, -0.1) is 0 Å². The van der Waals surface area contributed by atoms with E-state index in [-0.39, 0.29) is 5.97 Å². The summed E-state index contributed by atoms with van der Waals surface area (Å²) in [6.07, 6.45) is 35.6. The first-order valence-electron chi connectivity index (χ1n) is 16.4. The SMILES string of the molecule is CCCCCCCCCCCCCCCCCCCC(=O)OCCC(CCCC)CCCCCC. The molecule has 0 heterocycles. The maximum Gasteiger partial charge on any atom is 0.305 e. The Bertz CT molecular complexity index is 406. The monoisotopic (exact) mass is 495 g/mol. The van der Waals surface area contributed by atoms with Crippen molar-refractivity contribution in [1.82, 2.24) is 0 Å². The molecule has 0 aliphatic rings. The van der Waals surface area contributed by atoms with E-state index in [0.29, 0.717) is 13.0 Å². The summed E-state index contributed by atoms with van der Waals surface area (Å²) in [6, 6.07) is 0. The van der Waals surface area contributed by atoms with Gasteiger partial charge in [0.15, 0.2) is 0 Å². The topological polar surface area (TPSA) is 26.3 Å². The van der Waals surface area contributed by atoms with Crippen LogP contribution < -0.4 is 0 Å². The Morgan fingerprint density at radius 1 is 0.457 bits per heavy atom. The zero-order valence-corrected chi connectivity index (χ0v) is 24.7. The van der Waals surface area contributed by atoms with Crippen LogP contribution in [0, 0.1) is 5.92 Å². The summed E-state index contributed by atoms with van der Waals surface area (Å²) in [5.74, 6) is 0.783. The van der Waals surface area contributed by atoms with Crippen LogP contribution in [0.15, 0.2) is 0 Å². The Balaban J connectivity index is 3.42. The Morgan fingerprint density at radius 3 is 1.29 bits per heavy atom. The maximum atomic E-state index is 12.1. The number of carbonyl (C=O) groups excluding carboxylic acids is 1.